The lowest BCUT2D eigenvalue weighted by atomic mass is 10.1. The van der Waals surface area contributed by atoms with Crippen molar-refractivity contribution in [2.45, 2.75) is 11.8 Å². The van der Waals surface area contributed by atoms with Gasteiger partial charge in [-0.1, -0.05) is 30.3 Å². The highest BCUT2D eigenvalue weighted by molar-refractivity contribution is 7.92. The minimum Gasteiger partial charge on any atom is -0.497 e. The van der Waals surface area contributed by atoms with Gasteiger partial charge in [0.05, 0.1) is 18.2 Å². The number of amides is 1. The van der Waals surface area contributed by atoms with Crippen LogP contribution in [0.1, 0.15) is 21.5 Å². The third-order valence-electron chi connectivity index (χ3n) is 4.31. The van der Waals surface area contributed by atoms with Crippen molar-refractivity contribution < 1.29 is 17.9 Å². The van der Waals surface area contributed by atoms with E-state index in [1.807, 2.05) is 31.2 Å². The third kappa shape index (κ3) is 5.24. The topological polar surface area (TPSA) is 96.9 Å². The Morgan fingerprint density at radius 2 is 1.73 bits per heavy atom. The lowest BCUT2D eigenvalue weighted by molar-refractivity contribution is 0.0955. The zero-order valence-electron chi connectivity index (χ0n) is 16.5. The summed E-state index contributed by atoms with van der Waals surface area (Å²) in [6.07, 6.45) is 1.54. The number of hydrogen-bond acceptors (Lipinski definition) is 5. The first kappa shape index (κ1) is 21.1. The highest BCUT2D eigenvalue weighted by atomic mass is 32.2. The van der Waals surface area contributed by atoms with Crippen LogP contribution in [-0.4, -0.2) is 27.6 Å². The maximum atomic E-state index is 12.7. The standard InChI is InChI=1S/C22H21N3O4S/c1-16-6-3-4-7-18(16)15-23-24-22(26)17-8-5-9-21(14-17)30(27,28)25-19-10-12-20(29-2)13-11-19/h3-15,25H,1-2H3,(H,24,26)/b23-15-. The van der Waals surface area contributed by atoms with Crippen molar-refractivity contribution in [2.75, 3.05) is 11.8 Å². The zero-order chi connectivity index (χ0) is 21.6. The number of nitrogens with zero attached hydrogens (tertiary/aromatic N) is 1. The van der Waals surface area contributed by atoms with E-state index >= 15 is 0 Å². The number of sulfonamides is 1. The molecule has 0 spiro atoms. The van der Waals surface area contributed by atoms with Gasteiger partial charge in [-0.25, -0.2) is 13.8 Å². The summed E-state index contributed by atoms with van der Waals surface area (Å²) in [7, 11) is -2.34. The van der Waals surface area contributed by atoms with Crippen LogP contribution in [0.3, 0.4) is 0 Å². The van der Waals surface area contributed by atoms with E-state index in [1.54, 1.807) is 30.5 Å². The Bertz CT molecular complexity index is 1170. The van der Waals surface area contributed by atoms with Gasteiger partial charge in [0.15, 0.2) is 0 Å². The number of carbonyl (C=O) groups excluding carboxylic acids is 1. The van der Waals surface area contributed by atoms with E-state index in [0.717, 1.165) is 11.1 Å². The fraction of sp³-hybridized carbons (Fsp3) is 0.0909. The van der Waals surface area contributed by atoms with E-state index in [-0.39, 0.29) is 10.5 Å². The largest absolute Gasteiger partial charge is 0.497 e. The number of aryl methyl sites for hydroxylation is 1. The summed E-state index contributed by atoms with van der Waals surface area (Å²) >= 11 is 0. The molecule has 3 aromatic carbocycles. The van der Waals surface area contributed by atoms with Crippen molar-refractivity contribution in [2.24, 2.45) is 5.10 Å². The molecule has 0 unspecified atom stereocenters. The van der Waals surface area contributed by atoms with Crippen LogP contribution in [0.5, 0.6) is 5.75 Å². The van der Waals surface area contributed by atoms with Gasteiger partial charge >= 0.3 is 0 Å². The van der Waals surface area contributed by atoms with Gasteiger partial charge in [-0.05, 0) is 60.5 Å². The lowest BCUT2D eigenvalue weighted by Crippen LogP contribution is -2.19. The summed E-state index contributed by atoms with van der Waals surface area (Å²) < 4.78 is 32.9. The van der Waals surface area contributed by atoms with Crippen LogP contribution in [-0.2, 0) is 10.0 Å². The quantitative estimate of drug-likeness (QED) is 0.448. The number of hydrogen-bond donors (Lipinski definition) is 2. The van der Waals surface area contributed by atoms with E-state index in [2.05, 4.69) is 15.2 Å². The highest BCUT2D eigenvalue weighted by Gasteiger charge is 2.16. The van der Waals surface area contributed by atoms with Gasteiger partial charge in [0.25, 0.3) is 15.9 Å². The summed E-state index contributed by atoms with van der Waals surface area (Å²) in [4.78, 5) is 12.3. The van der Waals surface area contributed by atoms with Gasteiger partial charge in [-0.3, -0.25) is 9.52 Å². The third-order valence-corrected chi connectivity index (χ3v) is 5.69. The molecule has 0 saturated carbocycles. The van der Waals surface area contributed by atoms with E-state index in [0.29, 0.717) is 11.4 Å². The molecular formula is C22H21N3O4S. The molecule has 3 rings (SSSR count). The van der Waals surface area contributed by atoms with Gasteiger partial charge in [0.1, 0.15) is 5.75 Å². The molecule has 0 aliphatic rings. The van der Waals surface area contributed by atoms with Crippen molar-refractivity contribution in [3.63, 3.8) is 0 Å². The molecule has 0 aromatic heterocycles. The summed E-state index contributed by atoms with van der Waals surface area (Å²) in [5.41, 5.74) is 4.87. The highest BCUT2D eigenvalue weighted by Crippen LogP contribution is 2.20. The Hall–Kier alpha value is -3.65. The van der Waals surface area contributed by atoms with Crippen molar-refractivity contribution in [3.05, 3.63) is 89.5 Å². The normalized spacial score (nSPS) is 11.3. The molecule has 0 aliphatic carbocycles. The van der Waals surface area contributed by atoms with Crippen molar-refractivity contribution in [1.82, 2.24) is 5.43 Å². The minimum absolute atomic E-state index is 0.0335. The van der Waals surface area contributed by atoms with Crippen molar-refractivity contribution in [3.8, 4) is 5.75 Å². The number of hydrazone groups is 1. The molecule has 1 amide bonds. The van der Waals surface area contributed by atoms with E-state index < -0.39 is 15.9 Å². The lowest BCUT2D eigenvalue weighted by Gasteiger charge is -2.10. The molecule has 30 heavy (non-hydrogen) atoms. The molecule has 0 fully saturated rings. The number of anilines is 1. The smallest absolute Gasteiger partial charge is 0.271 e. The Labute approximate surface area is 175 Å². The maximum absolute atomic E-state index is 12.7. The Morgan fingerprint density at radius 1 is 1.00 bits per heavy atom. The van der Waals surface area contributed by atoms with Crippen LogP contribution in [0.25, 0.3) is 0 Å². The Kier molecular flexibility index (Phi) is 6.48. The maximum Gasteiger partial charge on any atom is 0.271 e. The fourth-order valence-corrected chi connectivity index (χ4v) is 3.74. The van der Waals surface area contributed by atoms with Gasteiger partial charge in [0.2, 0.25) is 0 Å². The molecule has 8 heteroatoms. The summed E-state index contributed by atoms with van der Waals surface area (Å²) in [6.45, 7) is 1.94. The molecular weight excluding hydrogens is 402 g/mol. The Balaban J connectivity index is 1.72. The van der Waals surface area contributed by atoms with E-state index in [1.165, 1.54) is 31.4 Å². The molecule has 3 aromatic rings. The van der Waals surface area contributed by atoms with Gasteiger partial charge in [-0.2, -0.15) is 5.10 Å². The van der Waals surface area contributed by atoms with Crippen LogP contribution in [0.2, 0.25) is 0 Å². The average Bonchev–Trinajstić information content (AvgIpc) is 2.75. The second-order valence-electron chi connectivity index (χ2n) is 6.42. The second kappa shape index (κ2) is 9.23. The number of carbonyl (C=O) groups is 1. The fourth-order valence-electron chi connectivity index (χ4n) is 2.63. The van der Waals surface area contributed by atoms with E-state index in [9.17, 15) is 13.2 Å². The number of methoxy groups -OCH3 is 1. The molecule has 0 saturated heterocycles. The SMILES string of the molecule is COc1ccc(NS(=O)(=O)c2cccc(C(=O)N/N=C\c3ccccc3C)c2)cc1. The first-order chi connectivity index (χ1) is 14.4. The molecule has 2 N–H and O–H groups in total. The summed E-state index contributed by atoms with van der Waals surface area (Å²) in [5.74, 6) is 0.101. The van der Waals surface area contributed by atoms with Crippen LogP contribution < -0.4 is 14.9 Å². The van der Waals surface area contributed by atoms with Crippen LogP contribution in [0, 0.1) is 6.92 Å². The first-order valence-corrected chi connectivity index (χ1v) is 10.5. The molecule has 154 valence electrons. The minimum atomic E-state index is -3.87. The molecule has 0 radical (unpaired) electrons. The monoisotopic (exact) mass is 423 g/mol. The van der Waals surface area contributed by atoms with Gasteiger partial charge in [0, 0.05) is 11.3 Å². The number of rotatable bonds is 7. The van der Waals surface area contributed by atoms with Gasteiger partial charge in [-0.15, -0.1) is 0 Å². The molecule has 0 atom stereocenters. The number of nitrogens with one attached hydrogen (secondary N) is 2. The second-order valence-corrected chi connectivity index (χ2v) is 8.10. The predicted octanol–water partition coefficient (Wildman–Crippen LogP) is 3.57. The molecule has 0 heterocycles. The predicted molar refractivity (Wildman–Crippen MR) is 116 cm³/mol. The number of benzene rings is 3. The zero-order valence-corrected chi connectivity index (χ0v) is 17.3. The number of ether oxygens (including phenoxy) is 1. The van der Waals surface area contributed by atoms with Crippen LogP contribution in [0.4, 0.5) is 5.69 Å². The molecule has 7 nitrogen and oxygen atoms in total. The van der Waals surface area contributed by atoms with Crippen molar-refractivity contribution in [1.29, 1.82) is 0 Å². The first-order valence-electron chi connectivity index (χ1n) is 9.05. The van der Waals surface area contributed by atoms with Crippen molar-refractivity contribution >= 4 is 27.8 Å². The van der Waals surface area contributed by atoms with Crippen LogP contribution in [0.15, 0.2) is 82.8 Å². The van der Waals surface area contributed by atoms with Crippen LogP contribution >= 0.6 is 0 Å². The molecule has 0 aliphatic heterocycles. The molecule has 0 bridgehead atoms. The summed E-state index contributed by atoms with van der Waals surface area (Å²) in [6, 6.07) is 19.8. The average molecular weight is 423 g/mol. The summed E-state index contributed by atoms with van der Waals surface area (Å²) in [5, 5.41) is 3.95. The van der Waals surface area contributed by atoms with E-state index in [4.69, 9.17) is 4.74 Å². The van der Waals surface area contributed by atoms with Gasteiger partial charge < -0.3 is 4.74 Å². The Morgan fingerprint density at radius 3 is 2.43 bits per heavy atom.